The SMILES string of the molecule is CCC(=O)OC(C)CN[C@@H](Cc1ccc(OC(=O)CC(C)C)c(OC(=O)CC(C)C)c1)C(=O)OC. The Morgan fingerprint density at radius 1 is 0.857 bits per heavy atom. The second-order valence-electron chi connectivity index (χ2n) is 9.27. The maximum absolute atomic E-state index is 12.4. The zero-order valence-corrected chi connectivity index (χ0v) is 21.8. The number of ether oxygens (including phenoxy) is 4. The molecule has 35 heavy (non-hydrogen) atoms. The molecule has 0 bridgehead atoms. The molecule has 0 heterocycles. The summed E-state index contributed by atoms with van der Waals surface area (Å²) in [6.07, 6.45) is 0.443. The predicted octanol–water partition coefficient (Wildman–Crippen LogP) is 3.61. The molecule has 0 saturated heterocycles. The fraction of sp³-hybridized carbons (Fsp3) is 0.615. The van der Waals surface area contributed by atoms with Crippen LogP contribution in [-0.4, -0.2) is 49.7 Å². The number of benzene rings is 1. The number of carbonyl (C=O) groups is 4. The molecule has 196 valence electrons. The van der Waals surface area contributed by atoms with Gasteiger partial charge in [0, 0.05) is 25.8 Å². The topological polar surface area (TPSA) is 117 Å². The van der Waals surface area contributed by atoms with Crippen LogP contribution in [0.4, 0.5) is 0 Å². The molecular formula is C26H39NO8. The van der Waals surface area contributed by atoms with Gasteiger partial charge in [-0.1, -0.05) is 40.7 Å². The Balaban J connectivity index is 3.08. The lowest BCUT2D eigenvalue weighted by Gasteiger charge is -2.20. The first-order chi connectivity index (χ1) is 16.4. The minimum Gasteiger partial charge on any atom is -0.468 e. The number of rotatable bonds is 14. The van der Waals surface area contributed by atoms with Gasteiger partial charge in [-0.15, -0.1) is 0 Å². The van der Waals surface area contributed by atoms with Crippen LogP contribution in [0.1, 0.15) is 66.4 Å². The maximum Gasteiger partial charge on any atom is 0.323 e. The van der Waals surface area contributed by atoms with Crippen LogP contribution in [-0.2, 0) is 35.1 Å². The number of esters is 4. The molecule has 1 rings (SSSR count). The summed E-state index contributed by atoms with van der Waals surface area (Å²) in [4.78, 5) is 48.4. The summed E-state index contributed by atoms with van der Waals surface area (Å²) in [6.45, 7) is 11.3. The Morgan fingerprint density at radius 3 is 1.94 bits per heavy atom. The van der Waals surface area contributed by atoms with E-state index in [2.05, 4.69) is 5.32 Å². The van der Waals surface area contributed by atoms with Gasteiger partial charge in [-0.2, -0.15) is 0 Å². The minimum absolute atomic E-state index is 0.0920. The highest BCUT2D eigenvalue weighted by Gasteiger charge is 2.23. The third-order valence-electron chi connectivity index (χ3n) is 4.80. The first-order valence-corrected chi connectivity index (χ1v) is 12.0. The summed E-state index contributed by atoms with van der Waals surface area (Å²) < 4.78 is 21.1. The summed E-state index contributed by atoms with van der Waals surface area (Å²) in [6, 6.07) is 4.08. The fourth-order valence-corrected chi connectivity index (χ4v) is 3.11. The highest BCUT2D eigenvalue weighted by atomic mass is 16.6. The standard InChI is InChI=1S/C26H39NO8/c1-8-23(28)33-18(6)15-27-20(26(31)32-7)13-19-9-10-21(34-24(29)11-16(2)3)22(14-19)35-25(30)12-17(4)5/h9-10,14,16-18,20,27H,8,11-13,15H2,1-7H3/t18?,20-/m0/s1. The van der Waals surface area contributed by atoms with Crippen LogP contribution < -0.4 is 14.8 Å². The summed E-state index contributed by atoms with van der Waals surface area (Å²) >= 11 is 0. The highest BCUT2D eigenvalue weighted by Crippen LogP contribution is 2.30. The smallest absolute Gasteiger partial charge is 0.323 e. The molecule has 0 aliphatic carbocycles. The van der Waals surface area contributed by atoms with Crippen LogP contribution in [0.25, 0.3) is 0 Å². The molecule has 1 aromatic rings. The molecule has 0 spiro atoms. The van der Waals surface area contributed by atoms with E-state index in [1.165, 1.54) is 7.11 Å². The lowest BCUT2D eigenvalue weighted by atomic mass is 10.0. The quantitative estimate of drug-likeness (QED) is 0.306. The van der Waals surface area contributed by atoms with Gasteiger partial charge in [-0.3, -0.25) is 19.2 Å². The van der Waals surface area contributed by atoms with Gasteiger partial charge in [0.05, 0.1) is 7.11 Å². The summed E-state index contributed by atoms with van der Waals surface area (Å²) in [5.74, 6) is -1.26. The third-order valence-corrected chi connectivity index (χ3v) is 4.80. The van der Waals surface area contributed by atoms with E-state index in [9.17, 15) is 19.2 Å². The van der Waals surface area contributed by atoms with Crippen molar-refractivity contribution in [3.63, 3.8) is 0 Å². The van der Waals surface area contributed by atoms with Crippen molar-refractivity contribution in [1.29, 1.82) is 0 Å². The monoisotopic (exact) mass is 493 g/mol. The molecular weight excluding hydrogens is 454 g/mol. The van der Waals surface area contributed by atoms with Crippen molar-refractivity contribution in [2.45, 2.75) is 79.4 Å². The van der Waals surface area contributed by atoms with Crippen molar-refractivity contribution in [3.8, 4) is 11.5 Å². The molecule has 9 heteroatoms. The van der Waals surface area contributed by atoms with Crippen LogP contribution in [0.15, 0.2) is 18.2 Å². The zero-order chi connectivity index (χ0) is 26.5. The second kappa shape index (κ2) is 15.1. The van der Waals surface area contributed by atoms with Gasteiger partial charge in [0.25, 0.3) is 0 Å². The summed E-state index contributed by atoms with van der Waals surface area (Å²) in [5.41, 5.74) is 0.655. The number of hydrogen-bond donors (Lipinski definition) is 1. The van der Waals surface area contributed by atoms with Crippen LogP contribution in [0.3, 0.4) is 0 Å². The fourth-order valence-electron chi connectivity index (χ4n) is 3.11. The lowest BCUT2D eigenvalue weighted by molar-refractivity contribution is -0.148. The lowest BCUT2D eigenvalue weighted by Crippen LogP contribution is -2.43. The summed E-state index contributed by atoms with van der Waals surface area (Å²) in [5, 5.41) is 3.06. The Morgan fingerprint density at radius 2 is 1.43 bits per heavy atom. The Bertz CT molecular complexity index is 865. The number of nitrogens with one attached hydrogen (secondary N) is 1. The van der Waals surface area contributed by atoms with Gasteiger partial charge in [-0.05, 0) is 42.9 Å². The molecule has 0 aliphatic heterocycles. The van der Waals surface area contributed by atoms with Gasteiger partial charge < -0.3 is 24.3 Å². The van der Waals surface area contributed by atoms with E-state index in [4.69, 9.17) is 18.9 Å². The minimum atomic E-state index is -0.740. The number of hydrogen-bond acceptors (Lipinski definition) is 9. The second-order valence-corrected chi connectivity index (χ2v) is 9.27. The van der Waals surface area contributed by atoms with E-state index in [0.717, 1.165) is 0 Å². The first-order valence-electron chi connectivity index (χ1n) is 12.0. The van der Waals surface area contributed by atoms with Crippen LogP contribution in [0.5, 0.6) is 11.5 Å². The molecule has 1 unspecified atom stereocenters. The van der Waals surface area contributed by atoms with Crippen molar-refractivity contribution in [1.82, 2.24) is 5.32 Å². The summed E-state index contributed by atoms with van der Waals surface area (Å²) in [7, 11) is 1.29. The molecule has 0 aliphatic rings. The Labute approximate surface area is 207 Å². The molecule has 0 amide bonds. The van der Waals surface area contributed by atoms with Crippen LogP contribution in [0.2, 0.25) is 0 Å². The van der Waals surface area contributed by atoms with Crippen molar-refractivity contribution < 1.29 is 38.1 Å². The van der Waals surface area contributed by atoms with Gasteiger partial charge in [0.15, 0.2) is 11.5 Å². The van der Waals surface area contributed by atoms with Crippen LogP contribution in [0, 0.1) is 11.8 Å². The first kappa shape index (κ1) is 30.1. The molecule has 1 aromatic carbocycles. The van der Waals surface area contributed by atoms with E-state index in [-0.39, 0.29) is 61.5 Å². The van der Waals surface area contributed by atoms with Gasteiger partial charge in [0.2, 0.25) is 0 Å². The van der Waals surface area contributed by atoms with Crippen molar-refractivity contribution in [2.24, 2.45) is 11.8 Å². The molecule has 0 radical (unpaired) electrons. The number of methoxy groups -OCH3 is 1. The van der Waals surface area contributed by atoms with Gasteiger partial charge in [-0.25, -0.2) is 0 Å². The van der Waals surface area contributed by atoms with E-state index in [0.29, 0.717) is 5.56 Å². The van der Waals surface area contributed by atoms with Crippen molar-refractivity contribution in [3.05, 3.63) is 23.8 Å². The normalized spacial score (nSPS) is 12.7. The van der Waals surface area contributed by atoms with Crippen molar-refractivity contribution >= 4 is 23.9 Å². The zero-order valence-electron chi connectivity index (χ0n) is 21.8. The van der Waals surface area contributed by atoms with Gasteiger partial charge >= 0.3 is 23.9 Å². The number of carbonyl (C=O) groups excluding carboxylic acids is 4. The largest absolute Gasteiger partial charge is 0.468 e. The highest BCUT2D eigenvalue weighted by molar-refractivity contribution is 5.77. The van der Waals surface area contributed by atoms with E-state index in [1.54, 1.807) is 32.0 Å². The van der Waals surface area contributed by atoms with E-state index < -0.39 is 30.1 Å². The molecule has 9 nitrogen and oxygen atoms in total. The maximum atomic E-state index is 12.4. The van der Waals surface area contributed by atoms with Crippen LogP contribution >= 0.6 is 0 Å². The predicted molar refractivity (Wildman–Crippen MR) is 130 cm³/mol. The molecule has 1 N–H and O–H groups in total. The Hall–Kier alpha value is -2.94. The van der Waals surface area contributed by atoms with E-state index in [1.807, 2.05) is 27.7 Å². The molecule has 0 aromatic heterocycles. The third kappa shape index (κ3) is 11.8. The Kier molecular flexibility index (Phi) is 13.0. The van der Waals surface area contributed by atoms with E-state index >= 15 is 0 Å². The van der Waals surface area contributed by atoms with Crippen molar-refractivity contribution in [2.75, 3.05) is 13.7 Å². The average Bonchev–Trinajstić information content (AvgIpc) is 2.76. The molecule has 0 saturated carbocycles. The average molecular weight is 494 g/mol. The molecule has 2 atom stereocenters. The van der Waals surface area contributed by atoms with Gasteiger partial charge in [0.1, 0.15) is 12.1 Å². The molecule has 0 fully saturated rings.